The van der Waals surface area contributed by atoms with Crippen LogP contribution in [0.5, 0.6) is 5.75 Å². The molecule has 0 atom stereocenters. The predicted molar refractivity (Wildman–Crippen MR) is 113 cm³/mol. The summed E-state index contributed by atoms with van der Waals surface area (Å²) in [5, 5.41) is 14.4. The van der Waals surface area contributed by atoms with Crippen LogP contribution in [0.15, 0.2) is 88.8 Å². The normalized spacial score (nSPS) is 10.9. The van der Waals surface area contributed by atoms with Gasteiger partial charge in [-0.3, -0.25) is 4.98 Å². The Hall–Kier alpha value is -2.69. The molecule has 0 aliphatic rings. The van der Waals surface area contributed by atoms with Gasteiger partial charge in [0.15, 0.2) is 0 Å². The summed E-state index contributed by atoms with van der Waals surface area (Å²) in [5.41, 5.74) is 3.05. The number of phenolic OH excluding ortho intramolecular Hbond substituents is 1. The van der Waals surface area contributed by atoms with Gasteiger partial charge in [0.25, 0.3) is 0 Å². The zero-order valence-corrected chi connectivity index (χ0v) is 16.0. The minimum Gasteiger partial charge on any atom is -0.506 e. The lowest BCUT2D eigenvalue weighted by Gasteiger charge is -2.12. The molecule has 0 fully saturated rings. The average molecular weight is 393 g/mol. The summed E-state index contributed by atoms with van der Waals surface area (Å²) in [6.07, 6.45) is 1.82. The van der Waals surface area contributed by atoms with Crippen molar-refractivity contribution in [3.63, 3.8) is 0 Å². The number of phenols is 1. The number of aromatic nitrogens is 1. The Bertz CT molecular complexity index is 1100. The van der Waals surface area contributed by atoms with E-state index in [0.717, 1.165) is 21.5 Å². The second kappa shape index (κ2) is 7.91. The van der Waals surface area contributed by atoms with Crippen LogP contribution in [0.1, 0.15) is 5.56 Å². The SMILES string of the molecule is Oc1ccc(NCc2ccccc2Sc2ccc3cccnc3c2)cc1Cl. The summed E-state index contributed by atoms with van der Waals surface area (Å²) in [6.45, 7) is 0.663. The summed E-state index contributed by atoms with van der Waals surface area (Å²) >= 11 is 7.71. The van der Waals surface area contributed by atoms with Crippen molar-refractivity contribution >= 4 is 40.0 Å². The molecular weight excluding hydrogens is 376 g/mol. The standard InChI is InChI=1S/C22H17ClN2OS/c23-19-12-17(8-10-21(19)26)25-14-16-4-1-2-6-22(16)27-18-9-7-15-5-3-11-24-20(15)13-18/h1-13,25-26H,14H2. The highest BCUT2D eigenvalue weighted by Gasteiger charge is 2.06. The maximum absolute atomic E-state index is 9.54. The first-order chi connectivity index (χ1) is 13.2. The van der Waals surface area contributed by atoms with E-state index in [1.165, 1.54) is 10.5 Å². The van der Waals surface area contributed by atoms with E-state index in [4.69, 9.17) is 11.6 Å². The molecule has 3 aromatic carbocycles. The number of hydrogen-bond donors (Lipinski definition) is 2. The lowest BCUT2D eigenvalue weighted by molar-refractivity contribution is 0.475. The van der Waals surface area contributed by atoms with Gasteiger partial charge in [0.2, 0.25) is 0 Å². The number of nitrogens with zero attached hydrogens (tertiary/aromatic N) is 1. The number of halogens is 1. The first-order valence-corrected chi connectivity index (χ1v) is 9.71. The fraction of sp³-hybridized carbons (Fsp3) is 0.0455. The molecule has 0 spiro atoms. The number of fused-ring (bicyclic) bond motifs is 1. The first-order valence-electron chi connectivity index (χ1n) is 8.52. The van der Waals surface area contributed by atoms with Crippen LogP contribution in [-0.4, -0.2) is 10.1 Å². The minimum absolute atomic E-state index is 0.0862. The molecule has 2 N–H and O–H groups in total. The van der Waals surface area contributed by atoms with Gasteiger partial charge in [0.1, 0.15) is 5.75 Å². The van der Waals surface area contributed by atoms with E-state index < -0.39 is 0 Å². The summed E-state index contributed by atoms with van der Waals surface area (Å²) in [6, 6.07) is 23.8. The lowest BCUT2D eigenvalue weighted by Crippen LogP contribution is -2.00. The van der Waals surface area contributed by atoms with Gasteiger partial charge in [-0.1, -0.05) is 53.7 Å². The van der Waals surface area contributed by atoms with Gasteiger partial charge in [0.05, 0.1) is 10.5 Å². The molecule has 134 valence electrons. The molecule has 0 aliphatic carbocycles. The minimum atomic E-state index is 0.0862. The van der Waals surface area contributed by atoms with Gasteiger partial charge >= 0.3 is 0 Å². The maximum Gasteiger partial charge on any atom is 0.134 e. The van der Waals surface area contributed by atoms with Crippen LogP contribution < -0.4 is 5.32 Å². The molecule has 4 aromatic rings. The second-order valence-corrected chi connectivity index (χ2v) is 7.61. The highest BCUT2D eigenvalue weighted by atomic mass is 35.5. The molecule has 0 radical (unpaired) electrons. The van der Waals surface area contributed by atoms with Crippen LogP contribution in [0.3, 0.4) is 0 Å². The van der Waals surface area contributed by atoms with Crippen molar-refractivity contribution in [1.82, 2.24) is 4.98 Å². The zero-order chi connectivity index (χ0) is 18.6. The Labute approximate surface area is 167 Å². The van der Waals surface area contributed by atoms with E-state index >= 15 is 0 Å². The van der Waals surface area contributed by atoms with Crippen LogP contribution in [0, 0.1) is 0 Å². The molecule has 4 rings (SSSR count). The van der Waals surface area contributed by atoms with E-state index in [1.807, 2.05) is 30.5 Å². The Kier molecular flexibility index (Phi) is 5.19. The van der Waals surface area contributed by atoms with Gasteiger partial charge in [0, 0.05) is 33.6 Å². The van der Waals surface area contributed by atoms with E-state index in [-0.39, 0.29) is 5.75 Å². The smallest absolute Gasteiger partial charge is 0.134 e. The van der Waals surface area contributed by atoms with Crippen LogP contribution >= 0.6 is 23.4 Å². The Morgan fingerprint density at radius 2 is 1.85 bits per heavy atom. The van der Waals surface area contributed by atoms with Crippen molar-refractivity contribution in [2.45, 2.75) is 16.3 Å². The van der Waals surface area contributed by atoms with E-state index in [2.05, 4.69) is 46.7 Å². The van der Waals surface area contributed by atoms with Gasteiger partial charge in [-0.15, -0.1) is 0 Å². The van der Waals surface area contributed by atoms with Crippen LogP contribution in [0.2, 0.25) is 5.02 Å². The molecule has 0 aliphatic heterocycles. The summed E-state index contributed by atoms with van der Waals surface area (Å²) < 4.78 is 0. The average Bonchev–Trinajstić information content (AvgIpc) is 2.70. The van der Waals surface area contributed by atoms with E-state index in [0.29, 0.717) is 11.6 Å². The largest absolute Gasteiger partial charge is 0.506 e. The number of nitrogens with one attached hydrogen (secondary N) is 1. The van der Waals surface area contributed by atoms with Gasteiger partial charge in [-0.25, -0.2) is 0 Å². The molecule has 0 bridgehead atoms. The number of anilines is 1. The number of rotatable bonds is 5. The second-order valence-electron chi connectivity index (χ2n) is 6.09. The highest BCUT2D eigenvalue weighted by Crippen LogP contribution is 2.33. The molecule has 27 heavy (non-hydrogen) atoms. The Morgan fingerprint density at radius 1 is 0.963 bits per heavy atom. The third kappa shape index (κ3) is 4.18. The predicted octanol–water partition coefficient (Wildman–Crippen LogP) is 6.36. The van der Waals surface area contributed by atoms with E-state index in [1.54, 1.807) is 23.9 Å². The summed E-state index contributed by atoms with van der Waals surface area (Å²) in [4.78, 5) is 6.78. The first kappa shape index (κ1) is 17.7. The van der Waals surface area contributed by atoms with Crippen molar-refractivity contribution in [2.75, 3.05) is 5.32 Å². The number of benzene rings is 3. The van der Waals surface area contributed by atoms with Crippen LogP contribution in [0.25, 0.3) is 10.9 Å². The molecule has 0 saturated heterocycles. The maximum atomic E-state index is 9.54. The fourth-order valence-electron chi connectivity index (χ4n) is 2.80. The Morgan fingerprint density at radius 3 is 2.74 bits per heavy atom. The molecule has 0 saturated carbocycles. The fourth-order valence-corrected chi connectivity index (χ4v) is 3.96. The third-order valence-corrected chi connectivity index (χ3v) is 5.62. The van der Waals surface area contributed by atoms with Gasteiger partial charge < -0.3 is 10.4 Å². The quantitative estimate of drug-likeness (QED) is 0.388. The molecule has 5 heteroatoms. The lowest BCUT2D eigenvalue weighted by atomic mass is 10.2. The summed E-state index contributed by atoms with van der Waals surface area (Å²) in [5.74, 6) is 0.0862. The molecule has 0 amide bonds. The third-order valence-electron chi connectivity index (χ3n) is 4.21. The van der Waals surface area contributed by atoms with Crippen molar-refractivity contribution < 1.29 is 5.11 Å². The van der Waals surface area contributed by atoms with Crippen LogP contribution in [-0.2, 0) is 6.54 Å². The number of pyridine rings is 1. The Balaban J connectivity index is 1.54. The monoisotopic (exact) mass is 392 g/mol. The molecule has 1 heterocycles. The van der Waals surface area contributed by atoms with Gasteiger partial charge in [-0.05, 0) is 48.0 Å². The number of aromatic hydroxyl groups is 1. The highest BCUT2D eigenvalue weighted by molar-refractivity contribution is 7.99. The van der Waals surface area contributed by atoms with Crippen LogP contribution in [0.4, 0.5) is 5.69 Å². The van der Waals surface area contributed by atoms with Gasteiger partial charge in [-0.2, -0.15) is 0 Å². The number of hydrogen-bond acceptors (Lipinski definition) is 4. The van der Waals surface area contributed by atoms with Crippen molar-refractivity contribution in [2.24, 2.45) is 0 Å². The van der Waals surface area contributed by atoms with Crippen molar-refractivity contribution in [3.05, 3.63) is 89.6 Å². The summed E-state index contributed by atoms with van der Waals surface area (Å²) in [7, 11) is 0. The van der Waals surface area contributed by atoms with Crippen molar-refractivity contribution in [1.29, 1.82) is 0 Å². The van der Waals surface area contributed by atoms with Crippen molar-refractivity contribution in [3.8, 4) is 5.75 Å². The molecule has 0 unspecified atom stereocenters. The van der Waals surface area contributed by atoms with E-state index in [9.17, 15) is 5.11 Å². The zero-order valence-electron chi connectivity index (χ0n) is 14.4. The molecular formula is C22H17ClN2OS. The topological polar surface area (TPSA) is 45.1 Å². The molecule has 3 nitrogen and oxygen atoms in total. The molecule has 1 aromatic heterocycles.